The average molecular weight is 261 g/mol. The number of piperidine rings is 1. The van der Waals surface area contributed by atoms with Crippen molar-refractivity contribution >= 4 is 22.9 Å². The number of furan rings is 1. The van der Waals surface area contributed by atoms with Crippen LogP contribution in [0.15, 0.2) is 10.7 Å². The van der Waals surface area contributed by atoms with Crippen LogP contribution in [0.1, 0.15) is 35.4 Å². The molecule has 1 aliphatic rings. The first-order valence-electron chi connectivity index (χ1n) is 6.41. The summed E-state index contributed by atoms with van der Waals surface area (Å²) in [5.74, 6) is 0.0597. The van der Waals surface area contributed by atoms with E-state index < -0.39 is 5.97 Å². The molecule has 3 rings (SSSR count). The van der Waals surface area contributed by atoms with Gasteiger partial charge in [-0.3, -0.25) is 0 Å². The molecule has 0 radical (unpaired) electrons. The molecule has 2 aromatic rings. The van der Waals surface area contributed by atoms with Crippen molar-refractivity contribution in [2.75, 3.05) is 18.0 Å². The lowest BCUT2D eigenvalue weighted by atomic mass is 10.1. The standard InChI is InChI=1S/C13H15N3O3/c1-8-9(13(17)18)10-11(14-7-15-12(10)19-8)16-5-3-2-4-6-16/h7H,2-6H2,1H3,(H,17,18). The molecule has 6 nitrogen and oxygen atoms in total. The van der Waals surface area contributed by atoms with E-state index in [0.717, 1.165) is 25.9 Å². The molecule has 3 heterocycles. The second-order valence-corrected chi connectivity index (χ2v) is 4.76. The molecule has 0 spiro atoms. The van der Waals surface area contributed by atoms with Gasteiger partial charge in [-0.15, -0.1) is 0 Å². The van der Waals surface area contributed by atoms with Gasteiger partial charge in [0.15, 0.2) is 0 Å². The van der Waals surface area contributed by atoms with Crippen molar-refractivity contribution in [3.63, 3.8) is 0 Å². The van der Waals surface area contributed by atoms with Crippen molar-refractivity contribution in [2.24, 2.45) is 0 Å². The number of aryl methyl sites for hydroxylation is 1. The van der Waals surface area contributed by atoms with Crippen LogP contribution in [0.5, 0.6) is 0 Å². The number of aromatic nitrogens is 2. The molecule has 0 aromatic carbocycles. The Bertz CT molecular complexity index is 629. The number of anilines is 1. The zero-order chi connectivity index (χ0) is 13.4. The van der Waals surface area contributed by atoms with Crippen LogP contribution < -0.4 is 4.90 Å². The summed E-state index contributed by atoms with van der Waals surface area (Å²) in [7, 11) is 0. The van der Waals surface area contributed by atoms with Crippen LogP contribution >= 0.6 is 0 Å². The first-order chi connectivity index (χ1) is 9.18. The molecular weight excluding hydrogens is 246 g/mol. The summed E-state index contributed by atoms with van der Waals surface area (Å²) in [6, 6.07) is 0. The third-order valence-electron chi connectivity index (χ3n) is 3.51. The number of carboxylic acids is 1. The largest absolute Gasteiger partial charge is 0.478 e. The predicted octanol–water partition coefficient (Wildman–Crippen LogP) is 2.22. The molecule has 19 heavy (non-hydrogen) atoms. The van der Waals surface area contributed by atoms with E-state index in [1.54, 1.807) is 6.92 Å². The summed E-state index contributed by atoms with van der Waals surface area (Å²) in [4.78, 5) is 21.8. The molecule has 2 aromatic heterocycles. The highest BCUT2D eigenvalue weighted by Crippen LogP contribution is 2.32. The normalized spacial score (nSPS) is 15.9. The monoisotopic (exact) mass is 261 g/mol. The molecule has 0 saturated carbocycles. The second kappa shape index (κ2) is 4.53. The molecule has 0 bridgehead atoms. The van der Waals surface area contributed by atoms with Crippen molar-refractivity contribution in [1.29, 1.82) is 0 Å². The fraction of sp³-hybridized carbons (Fsp3) is 0.462. The van der Waals surface area contributed by atoms with Crippen LogP contribution in [0.25, 0.3) is 11.1 Å². The molecule has 0 atom stereocenters. The third-order valence-corrected chi connectivity index (χ3v) is 3.51. The van der Waals surface area contributed by atoms with Crippen LogP contribution in [0.2, 0.25) is 0 Å². The predicted molar refractivity (Wildman–Crippen MR) is 69.6 cm³/mol. The fourth-order valence-corrected chi connectivity index (χ4v) is 2.63. The van der Waals surface area contributed by atoms with Gasteiger partial charge in [0.05, 0.1) is 5.39 Å². The lowest BCUT2D eigenvalue weighted by molar-refractivity contribution is 0.0697. The quantitative estimate of drug-likeness (QED) is 0.892. The van der Waals surface area contributed by atoms with Crippen molar-refractivity contribution in [3.8, 4) is 0 Å². The van der Waals surface area contributed by atoms with E-state index in [2.05, 4.69) is 14.9 Å². The molecule has 0 unspecified atom stereocenters. The lowest BCUT2D eigenvalue weighted by Crippen LogP contribution is -2.30. The fourth-order valence-electron chi connectivity index (χ4n) is 2.63. The van der Waals surface area contributed by atoms with E-state index in [0.29, 0.717) is 22.7 Å². The maximum absolute atomic E-state index is 11.4. The van der Waals surface area contributed by atoms with Gasteiger partial charge in [-0.05, 0) is 26.2 Å². The highest BCUT2D eigenvalue weighted by Gasteiger charge is 2.25. The third kappa shape index (κ3) is 1.93. The number of aromatic carboxylic acids is 1. The summed E-state index contributed by atoms with van der Waals surface area (Å²) in [6.45, 7) is 3.44. The number of carbonyl (C=O) groups is 1. The molecule has 1 fully saturated rings. The molecule has 1 saturated heterocycles. The Balaban J connectivity index is 2.20. The number of hydrogen-bond donors (Lipinski definition) is 1. The van der Waals surface area contributed by atoms with Crippen molar-refractivity contribution in [3.05, 3.63) is 17.7 Å². The van der Waals surface area contributed by atoms with Crippen LogP contribution in [0.3, 0.4) is 0 Å². The lowest BCUT2D eigenvalue weighted by Gasteiger charge is -2.27. The maximum atomic E-state index is 11.4. The molecular formula is C13H15N3O3. The van der Waals surface area contributed by atoms with Gasteiger partial charge in [0.1, 0.15) is 23.5 Å². The molecule has 6 heteroatoms. The molecule has 0 amide bonds. The van der Waals surface area contributed by atoms with Gasteiger partial charge in [-0.25, -0.2) is 14.8 Å². The minimum Gasteiger partial charge on any atom is -0.478 e. The Morgan fingerprint density at radius 3 is 2.74 bits per heavy atom. The summed E-state index contributed by atoms with van der Waals surface area (Å²) in [5.41, 5.74) is 0.529. The van der Waals surface area contributed by atoms with Gasteiger partial charge >= 0.3 is 5.97 Å². The summed E-state index contributed by atoms with van der Waals surface area (Å²) in [6.07, 6.45) is 4.84. The van der Waals surface area contributed by atoms with Crippen molar-refractivity contribution < 1.29 is 14.3 Å². The number of rotatable bonds is 2. The van der Waals surface area contributed by atoms with E-state index in [-0.39, 0.29) is 5.56 Å². The van der Waals surface area contributed by atoms with Crippen molar-refractivity contribution in [1.82, 2.24) is 9.97 Å². The van der Waals surface area contributed by atoms with Gasteiger partial charge in [0.2, 0.25) is 5.71 Å². The Kier molecular flexibility index (Phi) is 2.85. The first-order valence-corrected chi connectivity index (χ1v) is 6.41. The van der Waals surface area contributed by atoms with Gasteiger partial charge in [0.25, 0.3) is 0 Å². The molecule has 1 N–H and O–H groups in total. The van der Waals surface area contributed by atoms with Gasteiger partial charge in [-0.2, -0.15) is 0 Å². The summed E-state index contributed by atoms with van der Waals surface area (Å²) in [5, 5.41) is 9.86. The van der Waals surface area contributed by atoms with Gasteiger partial charge in [-0.1, -0.05) is 0 Å². The molecule has 100 valence electrons. The van der Waals surface area contributed by atoms with Crippen LogP contribution in [0.4, 0.5) is 5.82 Å². The number of carboxylic acid groups (broad SMARTS) is 1. The molecule has 1 aliphatic heterocycles. The summed E-state index contributed by atoms with van der Waals surface area (Å²) < 4.78 is 5.43. The average Bonchev–Trinajstić information content (AvgIpc) is 2.75. The van der Waals surface area contributed by atoms with E-state index in [4.69, 9.17) is 4.42 Å². The minimum atomic E-state index is -0.996. The Hall–Kier alpha value is -2.11. The van der Waals surface area contributed by atoms with Crippen LogP contribution in [-0.4, -0.2) is 34.1 Å². The Morgan fingerprint density at radius 1 is 1.32 bits per heavy atom. The minimum absolute atomic E-state index is 0.177. The smallest absolute Gasteiger partial charge is 0.340 e. The summed E-state index contributed by atoms with van der Waals surface area (Å²) >= 11 is 0. The SMILES string of the molecule is Cc1oc2ncnc(N3CCCCC3)c2c1C(=O)O. The zero-order valence-electron chi connectivity index (χ0n) is 10.7. The maximum Gasteiger partial charge on any atom is 0.340 e. The topological polar surface area (TPSA) is 79.5 Å². The highest BCUT2D eigenvalue weighted by atomic mass is 16.4. The van der Waals surface area contributed by atoms with Crippen LogP contribution in [0, 0.1) is 6.92 Å². The molecule has 0 aliphatic carbocycles. The van der Waals surface area contributed by atoms with E-state index in [1.165, 1.54) is 12.7 Å². The first kappa shape index (κ1) is 12.0. The highest BCUT2D eigenvalue weighted by molar-refractivity contribution is 6.07. The second-order valence-electron chi connectivity index (χ2n) is 4.76. The Labute approximate surface area is 110 Å². The number of nitrogens with zero attached hydrogens (tertiary/aromatic N) is 3. The van der Waals surface area contributed by atoms with E-state index in [9.17, 15) is 9.90 Å². The Morgan fingerprint density at radius 2 is 2.05 bits per heavy atom. The van der Waals surface area contributed by atoms with Crippen molar-refractivity contribution in [2.45, 2.75) is 26.2 Å². The number of hydrogen-bond acceptors (Lipinski definition) is 5. The van der Waals surface area contributed by atoms with E-state index in [1.807, 2.05) is 0 Å². The number of fused-ring (bicyclic) bond motifs is 1. The van der Waals surface area contributed by atoms with Gasteiger partial charge in [0, 0.05) is 13.1 Å². The zero-order valence-corrected chi connectivity index (χ0v) is 10.7. The van der Waals surface area contributed by atoms with E-state index >= 15 is 0 Å². The van der Waals surface area contributed by atoms with Gasteiger partial charge < -0.3 is 14.4 Å². The van der Waals surface area contributed by atoms with Crippen LogP contribution in [-0.2, 0) is 0 Å².